The van der Waals surface area contributed by atoms with E-state index >= 15 is 0 Å². The van der Waals surface area contributed by atoms with Crippen molar-refractivity contribution >= 4 is 32.8 Å². The Balaban J connectivity index is 2.78. The van der Waals surface area contributed by atoms with E-state index in [1.165, 1.54) is 6.07 Å². The minimum atomic E-state index is -0.952. The van der Waals surface area contributed by atoms with Gasteiger partial charge in [-0.1, -0.05) is 12.1 Å². The first-order valence-corrected chi connectivity index (χ1v) is 5.39. The highest BCUT2D eigenvalue weighted by Crippen LogP contribution is 2.23. The van der Waals surface area contributed by atoms with Crippen LogP contribution < -0.4 is 5.56 Å². The maximum atomic E-state index is 11.4. The van der Waals surface area contributed by atoms with Crippen LogP contribution in [0.4, 0.5) is 0 Å². The molecule has 2 rings (SSSR count). The Morgan fingerprint density at radius 2 is 2.19 bits per heavy atom. The summed E-state index contributed by atoms with van der Waals surface area (Å²) in [6.07, 6.45) is -0.156. The minimum absolute atomic E-state index is 0.156. The molecule has 0 saturated heterocycles. The van der Waals surface area contributed by atoms with Crippen LogP contribution in [0, 0.1) is 0 Å². The van der Waals surface area contributed by atoms with Crippen molar-refractivity contribution in [2.45, 2.75) is 6.42 Å². The molecule has 0 unspecified atom stereocenters. The normalized spacial score (nSPS) is 10.6. The van der Waals surface area contributed by atoms with Gasteiger partial charge in [0.15, 0.2) is 0 Å². The number of aromatic nitrogens is 1. The van der Waals surface area contributed by atoms with Crippen LogP contribution in [0.15, 0.2) is 33.5 Å². The van der Waals surface area contributed by atoms with Crippen molar-refractivity contribution < 1.29 is 9.90 Å². The van der Waals surface area contributed by atoms with Gasteiger partial charge in [-0.05, 0) is 27.6 Å². The van der Waals surface area contributed by atoms with E-state index in [4.69, 9.17) is 5.11 Å². The summed E-state index contributed by atoms with van der Waals surface area (Å²) in [5.74, 6) is -0.952. The van der Waals surface area contributed by atoms with E-state index in [-0.39, 0.29) is 12.0 Å². The molecule has 0 radical (unpaired) electrons. The largest absolute Gasteiger partial charge is 0.481 e. The highest BCUT2D eigenvalue weighted by atomic mass is 79.9. The number of para-hydroxylation sites is 1. The summed E-state index contributed by atoms with van der Waals surface area (Å²) in [7, 11) is 0. The maximum Gasteiger partial charge on any atom is 0.307 e. The fourth-order valence-electron chi connectivity index (χ4n) is 1.62. The Hall–Kier alpha value is -1.62. The van der Waals surface area contributed by atoms with E-state index < -0.39 is 5.97 Å². The third kappa shape index (κ3) is 1.99. The van der Waals surface area contributed by atoms with Crippen molar-refractivity contribution in [2.75, 3.05) is 0 Å². The molecular weight excluding hydrogens is 274 g/mol. The molecule has 5 heteroatoms. The van der Waals surface area contributed by atoms with Gasteiger partial charge in [0.1, 0.15) is 0 Å². The molecule has 0 bridgehead atoms. The smallest absolute Gasteiger partial charge is 0.307 e. The average Bonchev–Trinajstić information content (AvgIpc) is 2.18. The van der Waals surface area contributed by atoms with Gasteiger partial charge in [-0.15, -0.1) is 0 Å². The van der Waals surface area contributed by atoms with Crippen LogP contribution in [0.2, 0.25) is 0 Å². The van der Waals surface area contributed by atoms with E-state index in [9.17, 15) is 9.59 Å². The minimum Gasteiger partial charge on any atom is -0.481 e. The van der Waals surface area contributed by atoms with E-state index in [1.54, 1.807) is 18.2 Å². The van der Waals surface area contributed by atoms with Crippen molar-refractivity contribution in [3.05, 3.63) is 44.7 Å². The van der Waals surface area contributed by atoms with Gasteiger partial charge in [0.25, 0.3) is 0 Å². The number of rotatable bonds is 2. The fraction of sp³-hybridized carbons (Fsp3) is 0.0909. The second-order valence-electron chi connectivity index (χ2n) is 3.39. The van der Waals surface area contributed by atoms with Crippen molar-refractivity contribution in [3.63, 3.8) is 0 Å². The number of aliphatic carboxylic acids is 1. The van der Waals surface area contributed by atoms with Gasteiger partial charge in [-0.2, -0.15) is 0 Å². The molecular formula is C11H8BrNO3. The molecule has 0 aliphatic heterocycles. The topological polar surface area (TPSA) is 70.2 Å². The molecule has 16 heavy (non-hydrogen) atoms. The van der Waals surface area contributed by atoms with Crippen LogP contribution >= 0.6 is 15.9 Å². The lowest BCUT2D eigenvalue weighted by Gasteiger charge is -2.05. The van der Waals surface area contributed by atoms with Crippen molar-refractivity contribution in [1.29, 1.82) is 0 Å². The summed E-state index contributed by atoms with van der Waals surface area (Å²) in [5.41, 5.74) is 0.856. The zero-order valence-corrected chi connectivity index (χ0v) is 9.74. The number of carboxylic acids is 1. The van der Waals surface area contributed by atoms with E-state index in [0.717, 1.165) is 9.86 Å². The number of benzene rings is 1. The van der Waals surface area contributed by atoms with Crippen molar-refractivity contribution in [2.24, 2.45) is 0 Å². The van der Waals surface area contributed by atoms with E-state index in [1.807, 2.05) is 0 Å². The number of hydrogen-bond donors (Lipinski definition) is 2. The van der Waals surface area contributed by atoms with Crippen LogP contribution in [0.3, 0.4) is 0 Å². The lowest BCUT2D eigenvalue weighted by Crippen LogP contribution is -2.10. The van der Waals surface area contributed by atoms with Gasteiger partial charge in [0.05, 0.1) is 11.9 Å². The average molecular weight is 282 g/mol. The second kappa shape index (κ2) is 4.09. The van der Waals surface area contributed by atoms with Gasteiger partial charge in [-0.25, -0.2) is 0 Å². The van der Waals surface area contributed by atoms with Crippen LogP contribution in [-0.4, -0.2) is 16.1 Å². The molecule has 1 heterocycles. The molecule has 2 N–H and O–H groups in total. The number of aromatic amines is 1. The Morgan fingerprint density at radius 3 is 2.88 bits per heavy atom. The molecule has 2 aromatic rings. The van der Waals surface area contributed by atoms with Gasteiger partial charge in [0, 0.05) is 15.9 Å². The van der Waals surface area contributed by atoms with Crippen LogP contribution in [0.1, 0.15) is 5.56 Å². The molecule has 0 atom stereocenters. The number of carboxylic acid groups (broad SMARTS) is 1. The first-order chi connectivity index (χ1) is 7.58. The lowest BCUT2D eigenvalue weighted by atomic mass is 10.1. The van der Waals surface area contributed by atoms with Crippen LogP contribution in [-0.2, 0) is 11.2 Å². The van der Waals surface area contributed by atoms with Crippen LogP contribution in [0.25, 0.3) is 10.9 Å². The predicted octanol–water partition coefficient (Wildman–Crippen LogP) is 1.92. The Kier molecular flexibility index (Phi) is 2.78. The highest BCUT2D eigenvalue weighted by Gasteiger charge is 2.08. The fourth-order valence-corrected chi connectivity index (χ4v) is 2.09. The molecule has 4 nitrogen and oxygen atoms in total. The van der Waals surface area contributed by atoms with E-state index in [2.05, 4.69) is 20.9 Å². The first kappa shape index (κ1) is 10.9. The number of halogens is 1. The van der Waals surface area contributed by atoms with Gasteiger partial charge < -0.3 is 10.1 Å². The molecule has 0 aliphatic rings. The standard InChI is InChI=1S/C11H8BrNO3/c12-8-3-1-2-7-6(5-10(15)16)4-9(14)13-11(7)8/h1-4H,5H2,(H,13,14)(H,15,16). The molecule has 1 aromatic heterocycles. The molecule has 1 aromatic carbocycles. The molecule has 0 fully saturated rings. The Labute approximate surface area is 99.0 Å². The molecule has 82 valence electrons. The zero-order chi connectivity index (χ0) is 11.7. The van der Waals surface area contributed by atoms with Gasteiger partial charge in [0.2, 0.25) is 5.56 Å². The number of pyridine rings is 1. The zero-order valence-electron chi connectivity index (χ0n) is 8.16. The molecule has 0 amide bonds. The van der Waals surface area contributed by atoms with Gasteiger partial charge in [-0.3, -0.25) is 9.59 Å². The summed E-state index contributed by atoms with van der Waals surface area (Å²) < 4.78 is 0.745. The first-order valence-electron chi connectivity index (χ1n) is 4.60. The Bertz CT molecular complexity index is 618. The molecule has 0 saturated carbocycles. The highest BCUT2D eigenvalue weighted by molar-refractivity contribution is 9.10. The lowest BCUT2D eigenvalue weighted by molar-refractivity contribution is -0.136. The van der Waals surface area contributed by atoms with Crippen molar-refractivity contribution in [1.82, 2.24) is 4.98 Å². The quantitative estimate of drug-likeness (QED) is 0.884. The number of H-pyrrole nitrogens is 1. The van der Waals surface area contributed by atoms with Crippen LogP contribution in [0.5, 0.6) is 0 Å². The SMILES string of the molecule is O=C(O)Cc1cc(=O)[nH]c2c(Br)cccc12. The summed E-state index contributed by atoms with van der Waals surface area (Å²) in [5, 5.41) is 9.51. The molecule has 0 spiro atoms. The molecule has 0 aliphatic carbocycles. The number of fused-ring (bicyclic) bond motifs is 1. The monoisotopic (exact) mass is 281 g/mol. The third-order valence-electron chi connectivity index (χ3n) is 2.25. The number of nitrogens with one attached hydrogen (secondary N) is 1. The van der Waals surface area contributed by atoms with E-state index in [0.29, 0.717) is 11.1 Å². The second-order valence-corrected chi connectivity index (χ2v) is 4.25. The summed E-state index contributed by atoms with van der Waals surface area (Å²) >= 11 is 3.31. The predicted molar refractivity (Wildman–Crippen MR) is 63.6 cm³/mol. The number of carbonyl (C=O) groups is 1. The van der Waals surface area contributed by atoms with Crippen molar-refractivity contribution in [3.8, 4) is 0 Å². The third-order valence-corrected chi connectivity index (χ3v) is 2.92. The Morgan fingerprint density at radius 1 is 1.44 bits per heavy atom. The maximum absolute atomic E-state index is 11.4. The summed E-state index contributed by atoms with van der Waals surface area (Å²) in [4.78, 5) is 24.7. The summed E-state index contributed by atoms with van der Waals surface area (Å²) in [6, 6.07) is 6.70. The number of hydrogen-bond acceptors (Lipinski definition) is 2. The van der Waals surface area contributed by atoms with Gasteiger partial charge >= 0.3 is 5.97 Å². The summed E-state index contributed by atoms with van der Waals surface area (Å²) in [6.45, 7) is 0.